The van der Waals surface area contributed by atoms with E-state index < -0.39 is 0 Å². The Morgan fingerprint density at radius 3 is 2.79 bits per heavy atom. The van der Waals surface area contributed by atoms with Gasteiger partial charge in [-0.2, -0.15) is 0 Å². The Morgan fingerprint density at radius 2 is 2.07 bits per heavy atom. The Kier molecular flexibility index (Phi) is 3.13. The van der Waals surface area contributed by atoms with Crippen molar-refractivity contribution < 1.29 is 5.11 Å². The number of hydrogen-bond donors (Lipinski definition) is 1. The van der Waals surface area contributed by atoms with Crippen molar-refractivity contribution in [2.75, 3.05) is 20.1 Å². The lowest BCUT2D eigenvalue weighted by atomic mass is 9.89. The largest absolute Gasteiger partial charge is 0.390 e. The third-order valence-electron chi connectivity index (χ3n) is 3.86. The molecular weight excluding hydrogens is 174 g/mol. The number of likely N-dealkylation sites (tertiary alicyclic amines) is 1. The highest BCUT2D eigenvalue weighted by Crippen LogP contribution is 2.37. The minimum Gasteiger partial charge on any atom is -0.390 e. The van der Waals surface area contributed by atoms with Crippen molar-refractivity contribution in [1.29, 1.82) is 0 Å². The normalized spacial score (nSPS) is 35.6. The molecule has 82 valence electrons. The topological polar surface area (TPSA) is 23.5 Å². The third kappa shape index (κ3) is 2.96. The van der Waals surface area contributed by atoms with E-state index in [-0.39, 0.29) is 5.60 Å². The van der Waals surface area contributed by atoms with E-state index in [2.05, 4.69) is 11.9 Å². The van der Waals surface area contributed by atoms with Gasteiger partial charge in [-0.1, -0.05) is 12.8 Å². The van der Waals surface area contributed by atoms with Gasteiger partial charge in [0, 0.05) is 6.54 Å². The van der Waals surface area contributed by atoms with E-state index in [1.54, 1.807) is 0 Å². The standard InChI is InChI=1S/C12H23NO/c1-13-9-2-6-12(14,8-10-13)7-5-11-3-4-11/h11,14H,2-10H2,1H3. The van der Waals surface area contributed by atoms with Gasteiger partial charge in [0.2, 0.25) is 0 Å². The Labute approximate surface area is 87.3 Å². The van der Waals surface area contributed by atoms with E-state index in [1.807, 2.05) is 0 Å². The highest BCUT2D eigenvalue weighted by atomic mass is 16.3. The van der Waals surface area contributed by atoms with Gasteiger partial charge in [0.05, 0.1) is 5.60 Å². The fraction of sp³-hybridized carbons (Fsp3) is 1.00. The average Bonchev–Trinajstić information content (AvgIpc) is 2.94. The van der Waals surface area contributed by atoms with E-state index in [9.17, 15) is 5.11 Å². The summed E-state index contributed by atoms with van der Waals surface area (Å²) in [4.78, 5) is 2.34. The Balaban J connectivity index is 1.79. The predicted molar refractivity (Wildman–Crippen MR) is 58.3 cm³/mol. The zero-order chi connectivity index (χ0) is 10.0. The van der Waals surface area contributed by atoms with Crippen LogP contribution >= 0.6 is 0 Å². The van der Waals surface area contributed by atoms with E-state index in [1.165, 1.54) is 19.3 Å². The molecule has 14 heavy (non-hydrogen) atoms. The van der Waals surface area contributed by atoms with E-state index in [4.69, 9.17) is 0 Å². The van der Waals surface area contributed by atoms with Crippen LogP contribution < -0.4 is 0 Å². The quantitative estimate of drug-likeness (QED) is 0.748. The highest BCUT2D eigenvalue weighted by Gasteiger charge is 2.31. The minimum absolute atomic E-state index is 0.326. The summed E-state index contributed by atoms with van der Waals surface area (Å²) in [6.07, 6.45) is 8.30. The minimum atomic E-state index is -0.326. The first kappa shape index (κ1) is 10.4. The van der Waals surface area contributed by atoms with Gasteiger partial charge in [0.25, 0.3) is 0 Å². The maximum absolute atomic E-state index is 10.4. The molecule has 0 amide bonds. The SMILES string of the molecule is CN1CCCC(O)(CCC2CC2)CC1. The van der Waals surface area contributed by atoms with Crippen LogP contribution in [0.4, 0.5) is 0 Å². The van der Waals surface area contributed by atoms with Crippen LogP contribution in [0.25, 0.3) is 0 Å². The van der Waals surface area contributed by atoms with Crippen LogP contribution in [0.3, 0.4) is 0 Å². The summed E-state index contributed by atoms with van der Waals surface area (Å²) in [5.41, 5.74) is -0.326. The maximum atomic E-state index is 10.4. The molecule has 2 aliphatic rings. The molecule has 0 spiro atoms. The zero-order valence-electron chi connectivity index (χ0n) is 9.34. The summed E-state index contributed by atoms with van der Waals surface area (Å²) in [5, 5.41) is 10.4. The number of rotatable bonds is 3. The summed E-state index contributed by atoms with van der Waals surface area (Å²) < 4.78 is 0. The molecule has 0 aromatic carbocycles. The monoisotopic (exact) mass is 197 g/mol. The molecule has 0 aromatic rings. The van der Waals surface area contributed by atoms with Gasteiger partial charge in [-0.3, -0.25) is 0 Å². The molecule has 1 aliphatic carbocycles. The van der Waals surface area contributed by atoms with Crippen molar-refractivity contribution in [3.63, 3.8) is 0 Å². The second kappa shape index (κ2) is 4.19. The van der Waals surface area contributed by atoms with Crippen LogP contribution in [0.1, 0.15) is 44.9 Å². The van der Waals surface area contributed by atoms with Crippen molar-refractivity contribution in [3.05, 3.63) is 0 Å². The lowest BCUT2D eigenvalue weighted by Gasteiger charge is -2.26. The number of hydrogen-bond acceptors (Lipinski definition) is 2. The van der Waals surface area contributed by atoms with Gasteiger partial charge in [-0.15, -0.1) is 0 Å². The average molecular weight is 197 g/mol. The van der Waals surface area contributed by atoms with Crippen LogP contribution in [0.15, 0.2) is 0 Å². The van der Waals surface area contributed by atoms with Crippen LogP contribution in [0, 0.1) is 5.92 Å². The van der Waals surface area contributed by atoms with Crippen molar-refractivity contribution in [2.45, 2.75) is 50.5 Å². The van der Waals surface area contributed by atoms with Gasteiger partial charge >= 0.3 is 0 Å². The molecule has 0 aromatic heterocycles. The third-order valence-corrected chi connectivity index (χ3v) is 3.86. The summed E-state index contributed by atoms with van der Waals surface area (Å²) in [5.74, 6) is 0.958. The van der Waals surface area contributed by atoms with E-state index >= 15 is 0 Å². The molecule has 1 saturated carbocycles. The second-order valence-corrected chi connectivity index (χ2v) is 5.36. The van der Waals surface area contributed by atoms with Gasteiger partial charge in [0.15, 0.2) is 0 Å². The molecule has 1 unspecified atom stereocenters. The molecule has 2 rings (SSSR count). The summed E-state index contributed by atoms with van der Waals surface area (Å²) in [6.45, 7) is 2.23. The molecule has 2 nitrogen and oxygen atoms in total. The van der Waals surface area contributed by atoms with Crippen LogP contribution in [-0.2, 0) is 0 Å². The van der Waals surface area contributed by atoms with E-state index in [0.29, 0.717) is 0 Å². The van der Waals surface area contributed by atoms with Crippen molar-refractivity contribution in [1.82, 2.24) is 4.90 Å². The van der Waals surface area contributed by atoms with Gasteiger partial charge in [-0.05, 0) is 51.6 Å². The second-order valence-electron chi connectivity index (χ2n) is 5.36. The van der Waals surface area contributed by atoms with Gasteiger partial charge < -0.3 is 10.0 Å². The van der Waals surface area contributed by atoms with E-state index in [0.717, 1.165) is 44.7 Å². The van der Waals surface area contributed by atoms with Crippen LogP contribution in [-0.4, -0.2) is 35.7 Å². The molecule has 1 aliphatic heterocycles. The van der Waals surface area contributed by atoms with Crippen molar-refractivity contribution in [3.8, 4) is 0 Å². The molecular formula is C12H23NO. The number of aliphatic hydroxyl groups is 1. The Morgan fingerprint density at radius 1 is 1.29 bits per heavy atom. The maximum Gasteiger partial charge on any atom is 0.0660 e. The number of nitrogens with zero attached hydrogens (tertiary/aromatic N) is 1. The fourth-order valence-electron chi connectivity index (χ4n) is 2.44. The molecule has 1 saturated heterocycles. The molecule has 1 heterocycles. The van der Waals surface area contributed by atoms with Gasteiger partial charge in [-0.25, -0.2) is 0 Å². The Bertz CT molecular complexity index is 191. The lowest BCUT2D eigenvalue weighted by molar-refractivity contribution is 0.0143. The first-order valence-corrected chi connectivity index (χ1v) is 6.09. The lowest BCUT2D eigenvalue weighted by Crippen LogP contribution is -2.30. The van der Waals surface area contributed by atoms with Crippen LogP contribution in [0.5, 0.6) is 0 Å². The fourth-order valence-corrected chi connectivity index (χ4v) is 2.44. The molecule has 0 radical (unpaired) electrons. The molecule has 2 fully saturated rings. The summed E-state index contributed by atoms with van der Waals surface area (Å²) in [7, 11) is 2.16. The predicted octanol–water partition coefficient (Wildman–Crippen LogP) is 2.02. The summed E-state index contributed by atoms with van der Waals surface area (Å²) >= 11 is 0. The molecule has 0 bridgehead atoms. The smallest absolute Gasteiger partial charge is 0.0660 e. The molecule has 1 atom stereocenters. The first-order valence-electron chi connectivity index (χ1n) is 6.09. The highest BCUT2D eigenvalue weighted by molar-refractivity contribution is 4.85. The molecule has 2 heteroatoms. The van der Waals surface area contributed by atoms with Crippen LogP contribution in [0.2, 0.25) is 0 Å². The summed E-state index contributed by atoms with van der Waals surface area (Å²) in [6, 6.07) is 0. The van der Waals surface area contributed by atoms with Gasteiger partial charge in [0.1, 0.15) is 0 Å². The molecule has 1 N–H and O–H groups in total. The van der Waals surface area contributed by atoms with Crippen molar-refractivity contribution >= 4 is 0 Å². The zero-order valence-corrected chi connectivity index (χ0v) is 9.34. The van der Waals surface area contributed by atoms with Crippen molar-refractivity contribution in [2.24, 2.45) is 5.92 Å². The first-order chi connectivity index (χ1) is 6.68. The Hall–Kier alpha value is -0.0800.